The van der Waals surface area contributed by atoms with Crippen molar-refractivity contribution in [2.75, 3.05) is 0 Å². The summed E-state index contributed by atoms with van der Waals surface area (Å²) in [6.45, 7) is 3.07. The third-order valence-electron chi connectivity index (χ3n) is 4.36. The van der Waals surface area contributed by atoms with E-state index in [-0.39, 0.29) is 12.5 Å². The zero-order valence-electron chi connectivity index (χ0n) is 15.0. The van der Waals surface area contributed by atoms with Gasteiger partial charge < -0.3 is 15.2 Å². The Morgan fingerprint density at radius 3 is 2.04 bits per heavy atom. The van der Waals surface area contributed by atoms with Gasteiger partial charge in [0.05, 0.1) is 0 Å². The van der Waals surface area contributed by atoms with Crippen LogP contribution >= 0.6 is 0 Å². The van der Waals surface area contributed by atoms with Crippen LogP contribution in [0.25, 0.3) is 11.1 Å². The minimum atomic E-state index is -1.21. The van der Waals surface area contributed by atoms with E-state index in [1.54, 1.807) is 0 Å². The maximum atomic E-state index is 12.0. The van der Waals surface area contributed by atoms with Crippen LogP contribution in [0.15, 0.2) is 54.6 Å². The number of esters is 2. The van der Waals surface area contributed by atoms with Gasteiger partial charge in [0.1, 0.15) is 0 Å². The van der Waals surface area contributed by atoms with Gasteiger partial charge in [-0.15, -0.1) is 0 Å². The summed E-state index contributed by atoms with van der Waals surface area (Å²) in [5.41, 5.74) is 9.49. The van der Waals surface area contributed by atoms with E-state index in [2.05, 4.69) is 12.1 Å². The van der Waals surface area contributed by atoms with Crippen molar-refractivity contribution in [3.63, 3.8) is 0 Å². The zero-order chi connectivity index (χ0) is 18.7. The first-order chi connectivity index (χ1) is 12.3. The van der Waals surface area contributed by atoms with Gasteiger partial charge in [0, 0.05) is 19.9 Å². The van der Waals surface area contributed by atoms with Gasteiger partial charge in [-0.3, -0.25) is 9.59 Å². The Labute approximate surface area is 153 Å². The number of nitrogens with two attached hydrogens (primary N) is 1. The van der Waals surface area contributed by atoms with E-state index in [1.165, 1.54) is 13.8 Å². The van der Waals surface area contributed by atoms with Gasteiger partial charge in [0.2, 0.25) is 0 Å². The highest BCUT2D eigenvalue weighted by atomic mass is 16.7. The van der Waals surface area contributed by atoms with Crippen molar-refractivity contribution < 1.29 is 19.1 Å². The molecule has 0 aromatic heterocycles. The molecule has 136 valence electrons. The molecule has 0 amide bonds. The molecular formula is C21H23NO4. The molecule has 0 aliphatic carbocycles. The summed E-state index contributed by atoms with van der Waals surface area (Å²) in [7, 11) is 0. The number of hydrogen-bond donors (Lipinski definition) is 1. The lowest BCUT2D eigenvalue weighted by molar-refractivity contribution is -0.240. The molecule has 5 nitrogen and oxygen atoms in total. The van der Waals surface area contributed by atoms with Crippen LogP contribution in [0.1, 0.15) is 25.8 Å². The Hall–Kier alpha value is -2.66. The summed E-state index contributed by atoms with van der Waals surface area (Å²) in [6, 6.07) is 17.9. The molecule has 1 aliphatic rings. The second kappa shape index (κ2) is 7.30. The Balaban J connectivity index is 1.61. The average molecular weight is 353 g/mol. The zero-order valence-corrected chi connectivity index (χ0v) is 15.0. The van der Waals surface area contributed by atoms with Crippen LogP contribution in [0.5, 0.6) is 0 Å². The van der Waals surface area contributed by atoms with Gasteiger partial charge in [-0.25, -0.2) is 0 Å². The van der Waals surface area contributed by atoms with E-state index >= 15 is 0 Å². The average Bonchev–Trinajstić information content (AvgIpc) is 2.59. The van der Waals surface area contributed by atoms with Crippen molar-refractivity contribution >= 4 is 11.9 Å². The summed E-state index contributed by atoms with van der Waals surface area (Å²) in [4.78, 5) is 24.1. The maximum Gasteiger partial charge on any atom is 0.323 e. The van der Waals surface area contributed by atoms with E-state index in [0.29, 0.717) is 6.42 Å². The molecule has 1 aliphatic heterocycles. The molecule has 0 saturated carbocycles. The van der Waals surface area contributed by atoms with Crippen LogP contribution in [0.4, 0.5) is 0 Å². The number of cyclic esters (lactones) is 2. The van der Waals surface area contributed by atoms with E-state index in [9.17, 15) is 9.59 Å². The Morgan fingerprint density at radius 1 is 0.923 bits per heavy atom. The van der Waals surface area contributed by atoms with Crippen LogP contribution in [0, 0.1) is 5.92 Å². The predicted molar refractivity (Wildman–Crippen MR) is 97.9 cm³/mol. The monoisotopic (exact) mass is 353 g/mol. The third kappa shape index (κ3) is 4.29. The van der Waals surface area contributed by atoms with Crippen LogP contribution in [-0.4, -0.2) is 23.8 Å². The largest absolute Gasteiger partial charge is 0.422 e. The number of carbonyl (C=O) groups is 2. The van der Waals surface area contributed by atoms with Crippen molar-refractivity contribution in [3.05, 3.63) is 60.2 Å². The lowest BCUT2D eigenvalue weighted by Crippen LogP contribution is -2.48. The van der Waals surface area contributed by atoms with Gasteiger partial charge in [-0.2, -0.15) is 0 Å². The van der Waals surface area contributed by atoms with Crippen molar-refractivity contribution in [1.82, 2.24) is 0 Å². The van der Waals surface area contributed by atoms with Crippen molar-refractivity contribution in [1.29, 1.82) is 0 Å². The predicted octanol–water partition coefficient (Wildman–Crippen LogP) is 3.07. The van der Waals surface area contributed by atoms with Gasteiger partial charge in [-0.1, -0.05) is 54.6 Å². The fourth-order valence-electron chi connectivity index (χ4n) is 3.09. The molecule has 0 unspecified atom stereocenters. The molecule has 0 spiro atoms. The van der Waals surface area contributed by atoms with E-state index in [0.717, 1.165) is 16.7 Å². The first-order valence-electron chi connectivity index (χ1n) is 8.70. The normalized spacial score (nSPS) is 18.1. The molecule has 2 aromatic rings. The SMILES string of the molecule is CC1(C)OC(=O)C(C[C@H](N)Cc2ccc(-c3ccccc3)cc2)C(=O)O1. The second-order valence-corrected chi connectivity index (χ2v) is 7.06. The lowest BCUT2D eigenvalue weighted by Gasteiger charge is -2.33. The minimum Gasteiger partial charge on any atom is -0.422 e. The van der Waals surface area contributed by atoms with E-state index in [1.807, 2.05) is 42.5 Å². The van der Waals surface area contributed by atoms with Gasteiger partial charge in [0.15, 0.2) is 5.92 Å². The molecule has 2 aromatic carbocycles. The molecule has 1 heterocycles. The number of ether oxygens (including phenoxy) is 2. The molecule has 2 N–H and O–H groups in total. The highest BCUT2D eigenvalue weighted by molar-refractivity contribution is 5.96. The standard InChI is InChI=1S/C21H23NO4/c1-21(2)25-19(23)18(20(24)26-21)13-17(22)12-14-8-10-16(11-9-14)15-6-4-3-5-7-15/h3-11,17-18H,12-13,22H2,1-2H3/t17-/m1/s1. The van der Waals surface area contributed by atoms with Crippen LogP contribution in [0.2, 0.25) is 0 Å². The quantitative estimate of drug-likeness (QED) is 0.660. The van der Waals surface area contributed by atoms with Crippen LogP contribution < -0.4 is 5.73 Å². The lowest BCUT2D eigenvalue weighted by atomic mass is 9.94. The summed E-state index contributed by atoms with van der Waals surface area (Å²) in [6.07, 6.45) is 0.768. The Bertz CT molecular complexity index is 763. The highest BCUT2D eigenvalue weighted by Crippen LogP contribution is 2.26. The second-order valence-electron chi connectivity index (χ2n) is 7.06. The van der Waals surface area contributed by atoms with Gasteiger partial charge >= 0.3 is 11.9 Å². The molecule has 26 heavy (non-hydrogen) atoms. The highest BCUT2D eigenvalue weighted by Gasteiger charge is 2.43. The first-order valence-corrected chi connectivity index (χ1v) is 8.70. The summed E-state index contributed by atoms with van der Waals surface area (Å²) < 4.78 is 10.3. The van der Waals surface area contributed by atoms with Crippen molar-refractivity contribution in [2.45, 2.75) is 38.5 Å². The van der Waals surface area contributed by atoms with Gasteiger partial charge in [0.25, 0.3) is 5.79 Å². The molecule has 0 bridgehead atoms. The molecule has 3 rings (SSSR count). The molecule has 5 heteroatoms. The number of hydrogen-bond acceptors (Lipinski definition) is 5. The molecule has 1 saturated heterocycles. The third-order valence-corrected chi connectivity index (χ3v) is 4.36. The molecule has 1 fully saturated rings. The smallest absolute Gasteiger partial charge is 0.323 e. The van der Waals surface area contributed by atoms with Crippen molar-refractivity contribution in [2.24, 2.45) is 11.7 Å². The fourth-order valence-corrected chi connectivity index (χ4v) is 3.09. The van der Waals surface area contributed by atoms with Crippen LogP contribution in [0.3, 0.4) is 0 Å². The van der Waals surface area contributed by atoms with Gasteiger partial charge in [-0.05, 0) is 29.5 Å². The van der Waals surface area contributed by atoms with E-state index < -0.39 is 23.6 Å². The number of rotatable bonds is 5. The molecule has 0 radical (unpaired) electrons. The van der Waals surface area contributed by atoms with Crippen molar-refractivity contribution in [3.8, 4) is 11.1 Å². The summed E-state index contributed by atoms with van der Waals surface area (Å²) >= 11 is 0. The minimum absolute atomic E-state index is 0.203. The summed E-state index contributed by atoms with van der Waals surface area (Å²) in [5.74, 6) is -3.30. The van der Waals surface area contributed by atoms with Crippen LogP contribution in [-0.2, 0) is 25.5 Å². The fraction of sp³-hybridized carbons (Fsp3) is 0.333. The number of carbonyl (C=O) groups excluding carboxylic acids is 2. The first kappa shape index (κ1) is 18.1. The number of benzene rings is 2. The molecular weight excluding hydrogens is 330 g/mol. The molecule has 1 atom stereocenters. The maximum absolute atomic E-state index is 12.0. The van der Waals surface area contributed by atoms with E-state index in [4.69, 9.17) is 15.2 Å². The Morgan fingerprint density at radius 2 is 1.46 bits per heavy atom. The topological polar surface area (TPSA) is 78.6 Å². The summed E-state index contributed by atoms with van der Waals surface area (Å²) in [5, 5.41) is 0. The Kier molecular flexibility index (Phi) is 5.09.